The van der Waals surface area contributed by atoms with E-state index < -0.39 is 35.8 Å². The standard InChI is InChI=1S/C30H22N2O7/c1-16(33)17-6-10-20(11-7-17)39-30(36)27-26-25(22-12-8-18-4-2-3-5-21(18)32(22)27)28(34)31(29(26)35)19-9-13-23-24(14-19)38-15-37-23/h2-14,22,25-27H,15H2,1H3/t22-,25+,26-,27+/m1/s1. The van der Waals surface area contributed by atoms with Crippen LogP contribution in [0.1, 0.15) is 22.8 Å². The molecule has 4 atom stereocenters. The Morgan fingerprint density at radius 1 is 0.897 bits per heavy atom. The Bertz CT molecular complexity index is 1600. The molecule has 4 aliphatic rings. The molecule has 0 unspecified atom stereocenters. The van der Waals surface area contributed by atoms with E-state index in [4.69, 9.17) is 14.2 Å². The molecule has 9 nitrogen and oxygen atoms in total. The van der Waals surface area contributed by atoms with Gasteiger partial charge in [0.1, 0.15) is 11.8 Å². The molecule has 7 rings (SSSR count). The molecule has 3 aromatic rings. The van der Waals surface area contributed by atoms with Gasteiger partial charge in [0.25, 0.3) is 0 Å². The van der Waals surface area contributed by atoms with Gasteiger partial charge in [0.2, 0.25) is 18.6 Å². The van der Waals surface area contributed by atoms with Crippen molar-refractivity contribution in [2.24, 2.45) is 11.8 Å². The Balaban J connectivity index is 1.28. The van der Waals surface area contributed by atoms with Crippen molar-refractivity contribution in [3.05, 3.63) is 83.9 Å². The van der Waals surface area contributed by atoms with Gasteiger partial charge in [-0.1, -0.05) is 30.4 Å². The number of hydrogen-bond donors (Lipinski definition) is 0. The quantitative estimate of drug-likeness (QED) is 0.222. The molecule has 39 heavy (non-hydrogen) atoms. The Morgan fingerprint density at radius 2 is 1.64 bits per heavy atom. The van der Waals surface area contributed by atoms with Crippen LogP contribution in [-0.2, 0) is 14.4 Å². The summed E-state index contributed by atoms with van der Waals surface area (Å²) in [5.74, 6) is -2.14. The predicted molar refractivity (Wildman–Crippen MR) is 140 cm³/mol. The zero-order valence-electron chi connectivity index (χ0n) is 20.8. The van der Waals surface area contributed by atoms with Crippen molar-refractivity contribution in [1.29, 1.82) is 0 Å². The summed E-state index contributed by atoms with van der Waals surface area (Å²) in [4.78, 5) is 56.3. The highest BCUT2D eigenvalue weighted by molar-refractivity contribution is 6.24. The maximum Gasteiger partial charge on any atom is 0.335 e. The third-order valence-corrected chi connectivity index (χ3v) is 7.75. The first kappa shape index (κ1) is 23.2. The normalized spacial score (nSPS) is 23.9. The van der Waals surface area contributed by atoms with Gasteiger partial charge in [-0.25, -0.2) is 9.69 Å². The first-order chi connectivity index (χ1) is 18.9. The number of carbonyl (C=O) groups excluding carboxylic acids is 4. The average molecular weight is 523 g/mol. The fraction of sp³-hybridized carbons (Fsp3) is 0.200. The maximum absolute atomic E-state index is 14.0. The SMILES string of the molecule is CC(=O)c1ccc(OC(=O)[C@@H]2[C@@H]3C(=O)N(c4ccc5c(c4)OCO5)C(=O)[C@H]3[C@H]3C=Cc4ccccc4N32)cc1. The second kappa shape index (κ2) is 8.56. The number of para-hydroxylation sites is 1. The summed E-state index contributed by atoms with van der Waals surface area (Å²) in [5.41, 5.74) is 2.48. The van der Waals surface area contributed by atoms with E-state index in [-0.39, 0.29) is 24.2 Å². The minimum Gasteiger partial charge on any atom is -0.454 e. The van der Waals surface area contributed by atoms with Crippen LogP contribution in [0, 0.1) is 11.8 Å². The van der Waals surface area contributed by atoms with Crippen molar-refractivity contribution in [1.82, 2.24) is 0 Å². The van der Waals surface area contributed by atoms with Crippen LogP contribution in [0.5, 0.6) is 17.2 Å². The van der Waals surface area contributed by atoms with Gasteiger partial charge >= 0.3 is 5.97 Å². The molecule has 3 aromatic carbocycles. The van der Waals surface area contributed by atoms with Gasteiger partial charge in [0.15, 0.2) is 17.3 Å². The third-order valence-electron chi connectivity index (χ3n) is 7.75. The van der Waals surface area contributed by atoms with Crippen LogP contribution in [0.3, 0.4) is 0 Å². The van der Waals surface area contributed by atoms with E-state index in [9.17, 15) is 19.2 Å². The molecule has 4 heterocycles. The molecule has 0 bridgehead atoms. The summed E-state index contributed by atoms with van der Waals surface area (Å²) in [6.07, 6.45) is 3.80. The first-order valence-corrected chi connectivity index (χ1v) is 12.6. The molecule has 0 radical (unpaired) electrons. The van der Waals surface area contributed by atoms with E-state index in [1.807, 2.05) is 41.3 Å². The third kappa shape index (κ3) is 3.46. The van der Waals surface area contributed by atoms with Gasteiger partial charge in [-0.2, -0.15) is 0 Å². The number of imide groups is 1. The molecule has 194 valence electrons. The monoisotopic (exact) mass is 522 g/mol. The van der Waals surface area contributed by atoms with Crippen LogP contribution >= 0.6 is 0 Å². The number of ether oxygens (including phenoxy) is 3. The van der Waals surface area contributed by atoms with Crippen molar-refractivity contribution >= 4 is 41.0 Å². The molecule has 2 amide bonds. The van der Waals surface area contributed by atoms with E-state index in [0.717, 1.165) is 16.2 Å². The minimum atomic E-state index is -1.05. The molecule has 0 N–H and O–H groups in total. The summed E-state index contributed by atoms with van der Waals surface area (Å²) in [7, 11) is 0. The lowest BCUT2D eigenvalue weighted by Gasteiger charge is -2.36. The number of rotatable bonds is 4. The molecular formula is C30H22N2O7. The minimum absolute atomic E-state index is 0.0640. The van der Waals surface area contributed by atoms with Crippen LogP contribution in [0.25, 0.3) is 6.08 Å². The number of fused-ring (bicyclic) bond motifs is 6. The lowest BCUT2D eigenvalue weighted by atomic mass is 9.89. The van der Waals surface area contributed by atoms with Crippen molar-refractivity contribution in [3.8, 4) is 17.2 Å². The number of Topliss-reactive ketones (excluding diaryl/α,β-unsaturated/α-hetero) is 1. The molecule has 9 heteroatoms. The average Bonchev–Trinajstić information content (AvgIpc) is 3.62. The lowest BCUT2D eigenvalue weighted by molar-refractivity contribution is -0.139. The van der Waals surface area contributed by atoms with E-state index >= 15 is 0 Å². The van der Waals surface area contributed by atoms with Gasteiger partial charge < -0.3 is 19.1 Å². The highest BCUT2D eigenvalue weighted by atomic mass is 16.7. The van der Waals surface area contributed by atoms with Crippen LogP contribution in [0.2, 0.25) is 0 Å². The van der Waals surface area contributed by atoms with Crippen molar-refractivity contribution in [2.75, 3.05) is 16.6 Å². The number of hydrogen-bond acceptors (Lipinski definition) is 8. The number of carbonyl (C=O) groups is 4. The number of nitrogens with zero attached hydrogens (tertiary/aromatic N) is 2. The van der Waals surface area contributed by atoms with Crippen LogP contribution in [0.4, 0.5) is 11.4 Å². The lowest BCUT2D eigenvalue weighted by Crippen LogP contribution is -2.50. The number of amides is 2. The Kier molecular flexibility index (Phi) is 5.09. The molecule has 0 spiro atoms. The first-order valence-electron chi connectivity index (χ1n) is 12.6. The Labute approximate surface area is 223 Å². The summed E-state index contributed by atoms with van der Waals surface area (Å²) in [6, 6.07) is 17.1. The van der Waals surface area contributed by atoms with Gasteiger partial charge in [0.05, 0.1) is 23.6 Å². The molecule has 2 saturated heterocycles. The van der Waals surface area contributed by atoms with Crippen molar-refractivity contribution in [2.45, 2.75) is 19.0 Å². The number of ketones is 1. The molecule has 4 aliphatic heterocycles. The highest BCUT2D eigenvalue weighted by Crippen LogP contribution is 2.50. The topological polar surface area (TPSA) is 102 Å². The van der Waals surface area contributed by atoms with Crippen molar-refractivity contribution in [3.63, 3.8) is 0 Å². The van der Waals surface area contributed by atoms with Crippen LogP contribution in [0.15, 0.2) is 72.8 Å². The fourth-order valence-electron chi connectivity index (χ4n) is 6.00. The summed E-state index contributed by atoms with van der Waals surface area (Å²) in [5, 5.41) is 0. The maximum atomic E-state index is 14.0. The van der Waals surface area contributed by atoms with Gasteiger partial charge in [-0.15, -0.1) is 0 Å². The van der Waals surface area contributed by atoms with Gasteiger partial charge in [-0.3, -0.25) is 14.4 Å². The smallest absolute Gasteiger partial charge is 0.335 e. The van der Waals surface area contributed by atoms with E-state index in [0.29, 0.717) is 22.7 Å². The molecule has 0 aliphatic carbocycles. The van der Waals surface area contributed by atoms with E-state index in [1.54, 1.807) is 42.5 Å². The van der Waals surface area contributed by atoms with E-state index in [2.05, 4.69) is 0 Å². The molecular weight excluding hydrogens is 500 g/mol. The van der Waals surface area contributed by atoms with Crippen LogP contribution < -0.4 is 24.0 Å². The number of esters is 1. The second-order valence-corrected chi connectivity index (χ2v) is 9.86. The fourth-order valence-corrected chi connectivity index (χ4v) is 6.00. The predicted octanol–water partition coefficient (Wildman–Crippen LogP) is 3.61. The van der Waals surface area contributed by atoms with Crippen LogP contribution in [-0.4, -0.2) is 42.4 Å². The summed E-state index contributed by atoms with van der Waals surface area (Å²) >= 11 is 0. The zero-order valence-corrected chi connectivity index (χ0v) is 20.8. The van der Waals surface area contributed by atoms with Gasteiger partial charge in [-0.05, 0) is 55.0 Å². The zero-order chi connectivity index (χ0) is 26.8. The summed E-state index contributed by atoms with van der Waals surface area (Å²) < 4.78 is 16.6. The summed E-state index contributed by atoms with van der Waals surface area (Å²) in [6.45, 7) is 1.52. The second-order valence-electron chi connectivity index (χ2n) is 9.86. The highest BCUT2D eigenvalue weighted by Gasteiger charge is 2.65. The number of anilines is 2. The number of benzene rings is 3. The van der Waals surface area contributed by atoms with Crippen molar-refractivity contribution < 1.29 is 33.4 Å². The molecule has 2 fully saturated rings. The Morgan fingerprint density at radius 3 is 2.44 bits per heavy atom. The largest absolute Gasteiger partial charge is 0.454 e. The van der Waals surface area contributed by atoms with E-state index in [1.165, 1.54) is 6.92 Å². The molecule has 0 saturated carbocycles. The Hall–Kier alpha value is -4.92. The molecule has 0 aromatic heterocycles. The van der Waals surface area contributed by atoms with Gasteiger partial charge in [0, 0.05) is 17.3 Å².